The molecule has 1 saturated heterocycles. The Morgan fingerprint density at radius 3 is 2.22 bits per heavy atom. The molecular weight excluding hydrogens is 278 g/mol. The minimum absolute atomic E-state index is 0.878. The Balaban J connectivity index is 3.05. The van der Waals surface area contributed by atoms with Crippen LogP contribution in [0.5, 0.6) is 0 Å². The third kappa shape index (κ3) is 3.05. The number of halogens is 1. The fourth-order valence-corrected chi connectivity index (χ4v) is 2.22. The van der Waals surface area contributed by atoms with Gasteiger partial charge in [-0.15, -0.1) is 0 Å². The highest BCUT2D eigenvalue weighted by atomic mass is 31.2. The number of rotatable bonds is 4. The van der Waals surface area contributed by atoms with Crippen LogP contribution in [-0.4, -0.2) is 73.7 Å². The van der Waals surface area contributed by atoms with E-state index < -0.39 is 51.3 Å². The van der Waals surface area contributed by atoms with E-state index in [1.54, 1.807) is 0 Å². The summed E-state index contributed by atoms with van der Waals surface area (Å²) in [4.78, 5) is 17.2. The van der Waals surface area contributed by atoms with Gasteiger partial charge in [0.25, 0.3) is 0 Å². The van der Waals surface area contributed by atoms with Crippen LogP contribution in [0.15, 0.2) is 0 Å². The molecule has 5 atom stereocenters. The van der Waals surface area contributed by atoms with Crippen molar-refractivity contribution in [3.05, 3.63) is 0 Å². The molecule has 1 fully saturated rings. The monoisotopic (exact) mass is 292 g/mol. The first kappa shape index (κ1) is 15.9. The quantitative estimate of drug-likeness (QED) is 0.302. The third-order valence-corrected chi connectivity index (χ3v) is 3.04. The van der Waals surface area contributed by atoms with Crippen LogP contribution >= 0.6 is 7.82 Å². The highest BCUT2D eigenvalue weighted by Gasteiger charge is 2.57. The Labute approximate surface area is 101 Å². The second-order valence-corrected chi connectivity index (χ2v) is 4.96. The minimum atomic E-state index is -5.24. The Kier molecular flexibility index (Phi) is 4.81. The molecule has 9 nitrogen and oxygen atoms in total. The van der Waals surface area contributed by atoms with E-state index in [4.69, 9.17) is 14.9 Å². The first-order valence-electron chi connectivity index (χ1n) is 4.82. The van der Waals surface area contributed by atoms with Crippen molar-refractivity contribution in [2.24, 2.45) is 0 Å². The van der Waals surface area contributed by atoms with Crippen molar-refractivity contribution in [3.8, 4) is 0 Å². The van der Waals surface area contributed by atoms with Gasteiger partial charge in [0.05, 0.1) is 6.61 Å². The van der Waals surface area contributed by atoms with Crippen LogP contribution in [0.2, 0.25) is 0 Å². The van der Waals surface area contributed by atoms with Crippen molar-refractivity contribution in [2.75, 3.05) is 13.3 Å². The summed E-state index contributed by atoms with van der Waals surface area (Å²) in [5, 5.41) is 37.1. The van der Waals surface area contributed by atoms with E-state index in [9.17, 15) is 24.3 Å². The Bertz CT molecular complexity index is 333. The van der Waals surface area contributed by atoms with Gasteiger partial charge >= 0.3 is 7.82 Å². The van der Waals surface area contributed by atoms with Crippen LogP contribution in [-0.2, 0) is 13.8 Å². The zero-order valence-corrected chi connectivity index (χ0v) is 9.85. The number of ether oxygens (including phenoxy) is 1. The average molecular weight is 292 g/mol. The maximum absolute atomic E-state index is 12.9. The predicted molar refractivity (Wildman–Crippen MR) is 51.8 cm³/mol. The molecule has 0 aliphatic carbocycles. The molecule has 6 N–H and O–H groups in total. The van der Waals surface area contributed by atoms with E-state index >= 15 is 0 Å². The van der Waals surface area contributed by atoms with Crippen molar-refractivity contribution < 1.29 is 48.4 Å². The predicted octanol–water partition coefficient (Wildman–Crippen LogP) is -2.76. The minimum Gasteiger partial charge on any atom is -0.394 e. The van der Waals surface area contributed by atoms with Crippen LogP contribution in [0.25, 0.3) is 0 Å². The number of phosphoric ester groups is 1. The van der Waals surface area contributed by atoms with E-state index in [0.29, 0.717) is 0 Å². The summed E-state index contributed by atoms with van der Waals surface area (Å²) in [6, 6.07) is 0. The zero-order chi connectivity index (χ0) is 14.1. The van der Waals surface area contributed by atoms with Gasteiger partial charge in [-0.3, -0.25) is 0 Å². The smallest absolute Gasteiger partial charge is 0.394 e. The largest absolute Gasteiger partial charge is 0.472 e. The van der Waals surface area contributed by atoms with Crippen LogP contribution in [0.3, 0.4) is 0 Å². The molecule has 0 aromatic carbocycles. The van der Waals surface area contributed by atoms with Crippen LogP contribution in [0.4, 0.5) is 4.39 Å². The van der Waals surface area contributed by atoms with Crippen molar-refractivity contribution >= 4 is 7.82 Å². The van der Waals surface area contributed by atoms with E-state index in [0.717, 1.165) is 0 Å². The molecule has 1 aliphatic heterocycles. The molecule has 0 amide bonds. The normalized spacial score (nSPS) is 41.9. The van der Waals surface area contributed by atoms with Gasteiger partial charge in [0, 0.05) is 0 Å². The molecule has 0 saturated carbocycles. The second-order valence-electron chi connectivity index (χ2n) is 3.79. The first-order valence-corrected chi connectivity index (χ1v) is 6.35. The number of aliphatic hydroxyl groups excluding tert-OH is 4. The molecule has 0 bridgehead atoms. The highest BCUT2D eigenvalue weighted by Crippen LogP contribution is 2.46. The average Bonchev–Trinajstić information content (AvgIpc) is 2.28. The van der Waals surface area contributed by atoms with Crippen molar-refractivity contribution in [2.45, 2.75) is 30.2 Å². The Morgan fingerprint density at radius 2 is 1.83 bits per heavy atom. The maximum Gasteiger partial charge on any atom is 0.472 e. The van der Waals surface area contributed by atoms with Crippen molar-refractivity contribution in [1.29, 1.82) is 0 Å². The zero-order valence-electron chi connectivity index (χ0n) is 8.96. The molecule has 1 rings (SSSR count). The summed E-state index contributed by atoms with van der Waals surface area (Å²) in [7, 11) is -5.24. The van der Waals surface area contributed by atoms with E-state index in [-0.39, 0.29) is 0 Å². The standard InChI is InChI=1S/C7H14FO9P/c8-2-7(17-18(13,14)15)6(12)5(11)4(10)3(1-9)16-7/h3-6,9-12H,1-2H2,(H2,13,14,15)/t3-,4-,5+,6-,7-/m1/s1. The lowest BCUT2D eigenvalue weighted by atomic mass is 9.93. The van der Waals surface area contributed by atoms with Crippen molar-refractivity contribution in [3.63, 3.8) is 0 Å². The van der Waals surface area contributed by atoms with Crippen LogP contribution in [0.1, 0.15) is 0 Å². The number of aliphatic hydroxyl groups is 4. The lowest BCUT2D eigenvalue weighted by molar-refractivity contribution is -0.344. The summed E-state index contributed by atoms with van der Waals surface area (Å²) in [5.74, 6) is -2.86. The molecule has 1 aliphatic rings. The van der Waals surface area contributed by atoms with Gasteiger partial charge < -0.3 is 34.9 Å². The molecule has 18 heavy (non-hydrogen) atoms. The second kappa shape index (κ2) is 5.45. The molecule has 1 heterocycles. The molecular formula is C7H14FO9P. The SMILES string of the molecule is O=P(O)(O)O[C@@]1(CF)O[C@H](CO)[C@@H](O)[C@H](O)[C@H]1O. The highest BCUT2D eigenvalue weighted by molar-refractivity contribution is 7.46. The molecule has 0 radical (unpaired) electrons. The Morgan fingerprint density at radius 1 is 1.28 bits per heavy atom. The summed E-state index contributed by atoms with van der Waals surface area (Å²) in [6.45, 7) is -2.59. The van der Waals surface area contributed by atoms with Gasteiger partial charge in [0.1, 0.15) is 31.1 Å². The van der Waals surface area contributed by atoms with Gasteiger partial charge in [-0.2, -0.15) is 0 Å². The maximum atomic E-state index is 12.9. The van der Waals surface area contributed by atoms with Gasteiger partial charge in [-0.25, -0.2) is 13.5 Å². The molecule has 0 spiro atoms. The summed E-state index contributed by atoms with van der Waals surface area (Å²) < 4.78 is 32.3. The first-order chi connectivity index (χ1) is 8.17. The lowest BCUT2D eigenvalue weighted by Crippen LogP contribution is -2.66. The fraction of sp³-hybridized carbons (Fsp3) is 1.00. The van der Waals surface area contributed by atoms with Gasteiger partial charge in [0.15, 0.2) is 0 Å². The number of phosphoric acid groups is 1. The number of hydrogen-bond donors (Lipinski definition) is 6. The summed E-state index contributed by atoms with van der Waals surface area (Å²) in [5.41, 5.74) is 0. The summed E-state index contributed by atoms with van der Waals surface area (Å²) >= 11 is 0. The summed E-state index contributed by atoms with van der Waals surface area (Å²) in [6.07, 6.45) is -7.57. The Hall–Kier alpha value is -0.160. The molecule has 0 unspecified atom stereocenters. The van der Waals surface area contributed by atoms with E-state index in [1.165, 1.54) is 0 Å². The van der Waals surface area contributed by atoms with Gasteiger partial charge in [-0.1, -0.05) is 0 Å². The molecule has 108 valence electrons. The third-order valence-electron chi connectivity index (χ3n) is 2.50. The fourth-order valence-electron chi connectivity index (χ4n) is 1.62. The van der Waals surface area contributed by atoms with Gasteiger partial charge in [0.2, 0.25) is 5.79 Å². The van der Waals surface area contributed by atoms with Crippen LogP contribution in [0, 0.1) is 0 Å². The molecule has 0 aromatic rings. The van der Waals surface area contributed by atoms with E-state index in [2.05, 4.69) is 9.26 Å². The lowest BCUT2D eigenvalue weighted by Gasteiger charge is -2.46. The molecule has 0 aromatic heterocycles. The van der Waals surface area contributed by atoms with E-state index in [1.807, 2.05) is 0 Å². The number of hydrogen-bond acceptors (Lipinski definition) is 7. The van der Waals surface area contributed by atoms with Gasteiger partial charge in [-0.05, 0) is 0 Å². The number of alkyl halides is 1. The van der Waals surface area contributed by atoms with Crippen LogP contribution < -0.4 is 0 Å². The molecule has 11 heteroatoms. The topological polar surface area (TPSA) is 157 Å². The van der Waals surface area contributed by atoms with Crippen molar-refractivity contribution in [1.82, 2.24) is 0 Å².